The van der Waals surface area contributed by atoms with E-state index in [1.807, 2.05) is 30.0 Å². The van der Waals surface area contributed by atoms with Gasteiger partial charge in [0, 0.05) is 25.7 Å². The minimum absolute atomic E-state index is 0.0302. The van der Waals surface area contributed by atoms with E-state index in [1.165, 1.54) is 0 Å². The summed E-state index contributed by atoms with van der Waals surface area (Å²) in [5, 5.41) is 7.26. The van der Waals surface area contributed by atoms with Crippen LogP contribution in [0, 0.1) is 0 Å². The molecule has 2 aromatic rings. The number of amides is 1. The molecular formula is C16H19N3O2. The zero-order valence-corrected chi connectivity index (χ0v) is 12.1. The average molecular weight is 285 g/mol. The number of piperazine rings is 1. The van der Waals surface area contributed by atoms with Crippen molar-refractivity contribution in [1.82, 2.24) is 15.4 Å². The van der Waals surface area contributed by atoms with Crippen LogP contribution in [0.25, 0.3) is 0 Å². The second kappa shape index (κ2) is 6.10. The molecule has 1 aromatic heterocycles. The Labute approximate surface area is 123 Å². The van der Waals surface area contributed by atoms with Gasteiger partial charge in [0.05, 0.1) is 11.7 Å². The molecule has 0 radical (unpaired) electrons. The monoisotopic (exact) mass is 285 g/mol. The number of benzene rings is 1. The largest absolute Gasteiger partial charge is 0.351 e. The highest BCUT2D eigenvalue weighted by molar-refractivity contribution is 5.91. The topological polar surface area (TPSA) is 58.4 Å². The Hall–Kier alpha value is -2.14. The van der Waals surface area contributed by atoms with Crippen LogP contribution in [0.1, 0.15) is 34.8 Å². The molecule has 1 aliphatic heterocycles. The highest BCUT2D eigenvalue weighted by Gasteiger charge is 2.30. The Kier molecular flexibility index (Phi) is 4.01. The summed E-state index contributed by atoms with van der Waals surface area (Å²) < 4.78 is 5.19. The van der Waals surface area contributed by atoms with Gasteiger partial charge in [0.15, 0.2) is 0 Å². The SMILES string of the molecule is CCc1cc(C(=O)N2CCNC[C@@H]2c2ccccc2)on1. The molecule has 0 aliphatic carbocycles. The van der Waals surface area contributed by atoms with Gasteiger partial charge < -0.3 is 14.7 Å². The summed E-state index contributed by atoms with van der Waals surface area (Å²) in [5.41, 5.74) is 1.94. The third kappa shape index (κ3) is 2.83. The number of carbonyl (C=O) groups is 1. The number of aryl methyl sites for hydroxylation is 1. The summed E-state index contributed by atoms with van der Waals surface area (Å²) >= 11 is 0. The van der Waals surface area contributed by atoms with Gasteiger partial charge in [-0.15, -0.1) is 0 Å². The fraction of sp³-hybridized carbons (Fsp3) is 0.375. The number of aromatic nitrogens is 1. The van der Waals surface area contributed by atoms with Crippen molar-refractivity contribution in [2.75, 3.05) is 19.6 Å². The van der Waals surface area contributed by atoms with Crippen LogP contribution in [-0.4, -0.2) is 35.6 Å². The number of nitrogens with zero attached hydrogens (tertiary/aromatic N) is 2. The molecule has 0 saturated carbocycles. The van der Waals surface area contributed by atoms with Crippen LogP contribution in [0.15, 0.2) is 40.9 Å². The van der Waals surface area contributed by atoms with Crippen LogP contribution in [0.2, 0.25) is 0 Å². The minimum atomic E-state index is -0.0856. The van der Waals surface area contributed by atoms with Crippen LogP contribution in [0.4, 0.5) is 0 Å². The summed E-state index contributed by atoms with van der Waals surface area (Å²) in [5.74, 6) is 0.243. The van der Waals surface area contributed by atoms with E-state index in [2.05, 4.69) is 22.6 Å². The maximum Gasteiger partial charge on any atom is 0.293 e. The molecular weight excluding hydrogens is 266 g/mol. The molecule has 1 atom stereocenters. The Morgan fingerprint density at radius 3 is 2.95 bits per heavy atom. The third-order valence-corrected chi connectivity index (χ3v) is 3.82. The lowest BCUT2D eigenvalue weighted by atomic mass is 10.0. The molecule has 0 spiro atoms. The fourth-order valence-electron chi connectivity index (χ4n) is 2.64. The smallest absolute Gasteiger partial charge is 0.293 e. The molecule has 5 heteroatoms. The molecule has 0 unspecified atom stereocenters. The van der Waals surface area contributed by atoms with Gasteiger partial charge in [-0.25, -0.2) is 0 Å². The van der Waals surface area contributed by atoms with E-state index in [0.29, 0.717) is 12.3 Å². The first kappa shape index (κ1) is 13.8. The van der Waals surface area contributed by atoms with E-state index in [9.17, 15) is 4.79 Å². The summed E-state index contributed by atoms with van der Waals surface area (Å²) in [6.45, 7) is 4.21. The summed E-state index contributed by atoms with van der Waals surface area (Å²) in [6, 6.07) is 11.9. The first-order valence-corrected chi connectivity index (χ1v) is 7.32. The van der Waals surface area contributed by atoms with E-state index in [0.717, 1.165) is 30.8 Å². The summed E-state index contributed by atoms with van der Waals surface area (Å²) in [6.07, 6.45) is 0.764. The maximum atomic E-state index is 12.7. The zero-order chi connectivity index (χ0) is 14.7. The molecule has 110 valence electrons. The standard InChI is InChI=1S/C16H19N3O2/c1-2-13-10-15(21-18-13)16(20)19-9-8-17-11-14(19)12-6-4-3-5-7-12/h3-7,10,14,17H,2,8-9,11H2,1H3/t14-/m1/s1. The predicted molar refractivity (Wildman–Crippen MR) is 79.0 cm³/mol. The molecule has 5 nitrogen and oxygen atoms in total. The number of carbonyl (C=O) groups excluding carboxylic acids is 1. The number of hydrogen-bond donors (Lipinski definition) is 1. The van der Waals surface area contributed by atoms with E-state index in [-0.39, 0.29) is 11.9 Å². The first-order chi connectivity index (χ1) is 10.3. The molecule has 1 aromatic carbocycles. The van der Waals surface area contributed by atoms with Crippen LogP contribution in [0.3, 0.4) is 0 Å². The average Bonchev–Trinajstić information content (AvgIpc) is 3.04. The zero-order valence-electron chi connectivity index (χ0n) is 12.1. The summed E-state index contributed by atoms with van der Waals surface area (Å²) in [7, 11) is 0. The van der Waals surface area contributed by atoms with Crippen LogP contribution in [0.5, 0.6) is 0 Å². The molecule has 1 amide bonds. The molecule has 1 saturated heterocycles. The van der Waals surface area contributed by atoms with Crippen molar-refractivity contribution in [3.05, 3.63) is 53.4 Å². The van der Waals surface area contributed by atoms with Gasteiger partial charge >= 0.3 is 0 Å². The minimum Gasteiger partial charge on any atom is -0.351 e. The number of hydrogen-bond acceptors (Lipinski definition) is 4. The van der Waals surface area contributed by atoms with Crippen molar-refractivity contribution >= 4 is 5.91 Å². The second-order valence-electron chi connectivity index (χ2n) is 5.17. The maximum absolute atomic E-state index is 12.7. The Morgan fingerprint density at radius 1 is 1.43 bits per heavy atom. The highest BCUT2D eigenvalue weighted by atomic mass is 16.5. The van der Waals surface area contributed by atoms with Gasteiger partial charge in [0.2, 0.25) is 5.76 Å². The van der Waals surface area contributed by atoms with Gasteiger partial charge in [-0.05, 0) is 12.0 Å². The molecule has 0 bridgehead atoms. The molecule has 3 rings (SSSR count). The fourth-order valence-corrected chi connectivity index (χ4v) is 2.64. The van der Waals surface area contributed by atoms with Gasteiger partial charge in [0.25, 0.3) is 5.91 Å². The van der Waals surface area contributed by atoms with Crippen molar-refractivity contribution in [3.8, 4) is 0 Å². The second-order valence-corrected chi connectivity index (χ2v) is 5.17. The lowest BCUT2D eigenvalue weighted by Crippen LogP contribution is -2.48. The van der Waals surface area contributed by atoms with Crippen LogP contribution >= 0.6 is 0 Å². The van der Waals surface area contributed by atoms with E-state index >= 15 is 0 Å². The van der Waals surface area contributed by atoms with Crippen molar-refractivity contribution in [1.29, 1.82) is 0 Å². The Morgan fingerprint density at radius 2 is 2.24 bits per heavy atom. The van der Waals surface area contributed by atoms with Gasteiger partial charge in [-0.1, -0.05) is 42.4 Å². The van der Waals surface area contributed by atoms with Gasteiger partial charge in [0.1, 0.15) is 0 Å². The van der Waals surface area contributed by atoms with Crippen LogP contribution in [-0.2, 0) is 6.42 Å². The molecule has 1 N–H and O–H groups in total. The number of nitrogens with one attached hydrogen (secondary N) is 1. The normalized spacial score (nSPS) is 18.7. The first-order valence-electron chi connectivity index (χ1n) is 7.32. The Balaban J connectivity index is 1.85. The Bertz CT molecular complexity index is 609. The molecule has 21 heavy (non-hydrogen) atoms. The molecule has 1 aliphatic rings. The van der Waals surface area contributed by atoms with Gasteiger partial charge in [-0.2, -0.15) is 0 Å². The quantitative estimate of drug-likeness (QED) is 0.937. The van der Waals surface area contributed by atoms with Crippen molar-refractivity contribution in [2.24, 2.45) is 0 Å². The lowest BCUT2D eigenvalue weighted by Gasteiger charge is -2.35. The van der Waals surface area contributed by atoms with Crippen molar-refractivity contribution < 1.29 is 9.32 Å². The lowest BCUT2D eigenvalue weighted by molar-refractivity contribution is 0.0592. The van der Waals surface area contributed by atoms with E-state index in [1.54, 1.807) is 6.07 Å². The highest BCUT2D eigenvalue weighted by Crippen LogP contribution is 2.24. The molecule has 1 fully saturated rings. The van der Waals surface area contributed by atoms with Crippen molar-refractivity contribution in [3.63, 3.8) is 0 Å². The number of rotatable bonds is 3. The van der Waals surface area contributed by atoms with Gasteiger partial charge in [-0.3, -0.25) is 4.79 Å². The van der Waals surface area contributed by atoms with E-state index < -0.39 is 0 Å². The third-order valence-electron chi connectivity index (χ3n) is 3.82. The van der Waals surface area contributed by atoms with E-state index in [4.69, 9.17) is 4.52 Å². The molecule has 2 heterocycles. The summed E-state index contributed by atoms with van der Waals surface area (Å²) in [4.78, 5) is 14.5. The van der Waals surface area contributed by atoms with Crippen molar-refractivity contribution in [2.45, 2.75) is 19.4 Å². The van der Waals surface area contributed by atoms with Crippen LogP contribution < -0.4 is 5.32 Å². The predicted octanol–water partition coefficient (Wildman–Crippen LogP) is 2.02.